The average molecular weight is 319 g/mol. The molecular weight excluding hydrogens is 314 g/mol. The van der Waals surface area contributed by atoms with Gasteiger partial charge in [-0.2, -0.15) is 0 Å². The van der Waals surface area contributed by atoms with E-state index in [4.69, 9.17) is 11.6 Å². The summed E-state index contributed by atoms with van der Waals surface area (Å²) in [7, 11) is 0. The Morgan fingerprint density at radius 2 is 2.23 bits per heavy atom. The Morgan fingerprint density at radius 3 is 2.62 bits per heavy atom. The first kappa shape index (κ1) is 10.9. The molecule has 0 amide bonds. The molecule has 0 aliphatic heterocycles. The van der Waals surface area contributed by atoms with E-state index in [1.807, 2.05) is 22.6 Å². The van der Waals surface area contributed by atoms with Crippen molar-refractivity contribution in [2.24, 2.45) is 0 Å². The number of hydrogen-bond acceptors (Lipinski definition) is 1. The number of rotatable bonds is 2. The van der Waals surface area contributed by atoms with Gasteiger partial charge < -0.3 is 4.98 Å². The predicted octanol–water partition coefficient (Wildman–Crippen LogP) is 2.66. The zero-order chi connectivity index (χ0) is 10.0. The summed E-state index contributed by atoms with van der Waals surface area (Å²) in [5, 5.41) is 0. The quantitative estimate of drug-likeness (QED) is 0.660. The van der Waals surface area contributed by atoms with Crippen molar-refractivity contribution in [3.05, 3.63) is 31.2 Å². The number of pyridine rings is 1. The maximum absolute atomic E-state index is 12.2. The molecule has 0 spiro atoms. The van der Waals surface area contributed by atoms with Gasteiger partial charge in [-0.1, -0.05) is 0 Å². The Morgan fingerprint density at radius 1 is 1.62 bits per heavy atom. The largest absolute Gasteiger partial charge is 0.321 e. The third kappa shape index (κ3) is 2.40. The minimum Gasteiger partial charge on any atom is -0.321 e. The summed E-state index contributed by atoms with van der Waals surface area (Å²) in [5.41, 5.74) is -0.591. The van der Waals surface area contributed by atoms with E-state index in [0.717, 1.165) is 0 Å². The zero-order valence-electron chi connectivity index (χ0n) is 6.28. The number of aromatic amines is 1. The first-order valence-corrected chi connectivity index (χ1v) is 4.93. The molecule has 0 atom stereocenters. The molecule has 0 radical (unpaired) electrons. The molecule has 0 saturated heterocycles. The summed E-state index contributed by atoms with van der Waals surface area (Å²) in [6, 6.07) is 1.23. The van der Waals surface area contributed by atoms with Crippen molar-refractivity contribution in [2.75, 3.05) is 0 Å². The predicted molar refractivity (Wildman–Crippen MR) is 54.3 cm³/mol. The van der Waals surface area contributed by atoms with E-state index in [2.05, 4.69) is 4.98 Å². The molecule has 6 heteroatoms. The number of nitrogens with one attached hydrogen (secondary N) is 1. The van der Waals surface area contributed by atoms with Crippen LogP contribution in [0.15, 0.2) is 10.9 Å². The summed E-state index contributed by atoms with van der Waals surface area (Å²) < 4.78 is 24.8. The third-order valence-corrected chi connectivity index (χ3v) is 2.70. The molecule has 0 bridgehead atoms. The molecular formula is C7H5ClF2INO. The summed E-state index contributed by atoms with van der Waals surface area (Å²) >= 11 is 7.26. The van der Waals surface area contributed by atoms with Crippen molar-refractivity contribution in [1.29, 1.82) is 0 Å². The van der Waals surface area contributed by atoms with Gasteiger partial charge >= 0.3 is 0 Å². The van der Waals surface area contributed by atoms with Gasteiger partial charge in [-0.05, 0) is 28.7 Å². The van der Waals surface area contributed by atoms with Crippen molar-refractivity contribution in [1.82, 2.24) is 4.98 Å². The van der Waals surface area contributed by atoms with Gasteiger partial charge in [0.2, 0.25) is 0 Å². The number of halogens is 4. The molecule has 0 aliphatic carbocycles. The zero-order valence-corrected chi connectivity index (χ0v) is 9.20. The fourth-order valence-corrected chi connectivity index (χ4v) is 2.08. The van der Waals surface area contributed by atoms with Crippen LogP contribution >= 0.6 is 34.2 Å². The van der Waals surface area contributed by atoms with E-state index in [1.165, 1.54) is 6.07 Å². The van der Waals surface area contributed by atoms with Crippen LogP contribution in [0.4, 0.5) is 8.78 Å². The van der Waals surface area contributed by atoms with Crippen LogP contribution in [-0.2, 0) is 5.88 Å². The second-order valence-corrected chi connectivity index (χ2v) is 3.74. The first-order valence-electron chi connectivity index (χ1n) is 3.32. The van der Waals surface area contributed by atoms with Crippen LogP contribution < -0.4 is 5.56 Å². The highest BCUT2D eigenvalue weighted by atomic mass is 127. The van der Waals surface area contributed by atoms with Gasteiger partial charge in [-0.3, -0.25) is 4.79 Å². The first-order chi connectivity index (χ1) is 6.06. The SMILES string of the molecule is O=c1[nH]c(C(F)F)cc(I)c1CCl. The molecule has 0 aliphatic rings. The Bertz CT molecular complexity index is 366. The highest BCUT2D eigenvalue weighted by Crippen LogP contribution is 2.18. The van der Waals surface area contributed by atoms with Crippen molar-refractivity contribution in [3.63, 3.8) is 0 Å². The number of H-pyrrole nitrogens is 1. The molecule has 2 nitrogen and oxygen atoms in total. The Labute approximate surface area is 91.4 Å². The van der Waals surface area contributed by atoms with Gasteiger partial charge in [0.1, 0.15) is 0 Å². The summed E-state index contributed by atoms with van der Waals surface area (Å²) in [5.74, 6) is 0.0249. The molecule has 1 rings (SSSR count). The van der Waals surface area contributed by atoms with Crippen molar-refractivity contribution in [2.45, 2.75) is 12.3 Å². The van der Waals surface area contributed by atoms with E-state index in [9.17, 15) is 13.6 Å². The van der Waals surface area contributed by atoms with E-state index in [1.54, 1.807) is 0 Å². The highest BCUT2D eigenvalue weighted by molar-refractivity contribution is 14.1. The summed E-state index contributed by atoms with van der Waals surface area (Å²) in [6.07, 6.45) is -2.66. The lowest BCUT2D eigenvalue weighted by atomic mass is 10.3. The van der Waals surface area contributed by atoms with Crippen molar-refractivity contribution < 1.29 is 8.78 Å². The molecule has 0 saturated carbocycles. The fourth-order valence-electron chi connectivity index (χ4n) is 0.817. The summed E-state index contributed by atoms with van der Waals surface area (Å²) in [6.45, 7) is 0. The molecule has 1 aromatic rings. The van der Waals surface area contributed by atoms with Crippen LogP contribution in [0.25, 0.3) is 0 Å². The van der Waals surface area contributed by atoms with Crippen LogP contribution in [0, 0.1) is 3.57 Å². The standard InChI is InChI=1S/C7H5ClF2INO/c8-2-3-4(11)1-5(6(9)10)12-7(3)13/h1,6H,2H2,(H,12,13). The van der Waals surface area contributed by atoms with Crippen molar-refractivity contribution >= 4 is 34.2 Å². The van der Waals surface area contributed by atoms with E-state index in [-0.39, 0.29) is 11.6 Å². The van der Waals surface area contributed by atoms with Gasteiger partial charge in [0.25, 0.3) is 12.0 Å². The lowest BCUT2D eigenvalue weighted by Gasteiger charge is -2.03. The lowest BCUT2D eigenvalue weighted by molar-refractivity contribution is 0.145. The molecule has 0 aromatic carbocycles. The maximum atomic E-state index is 12.2. The minimum atomic E-state index is -2.66. The highest BCUT2D eigenvalue weighted by Gasteiger charge is 2.12. The average Bonchev–Trinajstić information content (AvgIpc) is 2.03. The minimum absolute atomic E-state index is 0.0249. The van der Waals surface area contributed by atoms with Crippen molar-refractivity contribution in [3.8, 4) is 0 Å². The third-order valence-electron chi connectivity index (χ3n) is 1.47. The topological polar surface area (TPSA) is 32.9 Å². The van der Waals surface area contributed by atoms with Crippen LogP contribution in [0.2, 0.25) is 0 Å². The molecule has 1 N–H and O–H groups in total. The Hall–Kier alpha value is -0.170. The molecule has 1 aromatic heterocycles. The molecule has 0 fully saturated rings. The van der Waals surface area contributed by atoms with Gasteiger partial charge in [0, 0.05) is 9.13 Å². The second-order valence-electron chi connectivity index (χ2n) is 2.31. The molecule has 1 heterocycles. The van der Waals surface area contributed by atoms with Gasteiger partial charge in [0.15, 0.2) is 0 Å². The van der Waals surface area contributed by atoms with Gasteiger partial charge in [-0.15, -0.1) is 11.6 Å². The van der Waals surface area contributed by atoms with Gasteiger partial charge in [0.05, 0.1) is 11.6 Å². The van der Waals surface area contributed by atoms with E-state index < -0.39 is 12.0 Å². The normalized spacial score (nSPS) is 10.8. The van der Waals surface area contributed by atoms with Gasteiger partial charge in [-0.25, -0.2) is 8.78 Å². The Kier molecular flexibility index (Phi) is 3.66. The van der Waals surface area contributed by atoms with Crippen LogP contribution in [0.3, 0.4) is 0 Å². The molecule has 72 valence electrons. The van der Waals surface area contributed by atoms with E-state index >= 15 is 0 Å². The molecule has 0 unspecified atom stereocenters. The van der Waals surface area contributed by atoms with Crippen LogP contribution in [0.5, 0.6) is 0 Å². The van der Waals surface area contributed by atoms with E-state index in [0.29, 0.717) is 9.13 Å². The summed E-state index contributed by atoms with van der Waals surface area (Å²) in [4.78, 5) is 13.2. The molecule has 13 heavy (non-hydrogen) atoms. The maximum Gasteiger partial charge on any atom is 0.278 e. The monoisotopic (exact) mass is 319 g/mol. The Balaban J connectivity index is 3.29. The number of alkyl halides is 3. The second kappa shape index (κ2) is 4.36. The fraction of sp³-hybridized carbons (Fsp3) is 0.286. The van der Waals surface area contributed by atoms with Crippen LogP contribution in [-0.4, -0.2) is 4.98 Å². The lowest BCUT2D eigenvalue weighted by Crippen LogP contribution is -2.15. The van der Waals surface area contributed by atoms with Crippen LogP contribution in [0.1, 0.15) is 17.7 Å². The number of hydrogen-bond donors (Lipinski definition) is 1. The smallest absolute Gasteiger partial charge is 0.278 e. The number of aromatic nitrogens is 1.